The fraction of sp³-hybridized carbons (Fsp3) is 0.667. The summed E-state index contributed by atoms with van der Waals surface area (Å²) in [6, 6.07) is 7.65. The maximum Gasteiger partial charge on any atom is 0.269 e. The zero-order chi connectivity index (χ0) is 20.6. The van der Waals surface area contributed by atoms with Crippen molar-refractivity contribution in [3.8, 4) is 0 Å². The zero-order valence-corrected chi connectivity index (χ0v) is 17.7. The van der Waals surface area contributed by atoms with Crippen LogP contribution in [0.15, 0.2) is 24.3 Å². The number of ether oxygens (including phenoxy) is 1. The predicted octanol–water partition coefficient (Wildman–Crippen LogP) is 2.89. The molecule has 1 aromatic carbocycles. The van der Waals surface area contributed by atoms with Crippen LogP contribution in [0.1, 0.15) is 60.9 Å². The second kappa shape index (κ2) is 8.31. The minimum absolute atomic E-state index is 0.0465. The fourth-order valence-electron chi connectivity index (χ4n) is 6.92. The third kappa shape index (κ3) is 4.40. The molecule has 4 aliphatic carbocycles. The van der Waals surface area contributed by atoms with Crippen LogP contribution in [0.4, 0.5) is 0 Å². The van der Waals surface area contributed by atoms with Gasteiger partial charge in [0.05, 0.1) is 13.2 Å². The number of nitrogens with zero attached hydrogens (tertiary/aromatic N) is 1. The number of hydrogen-bond donors (Lipinski definition) is 2. The van der Waals surface area contributed by atoms with Gasteiger partial charge in [0, 0.05) is 31.6 Å². The Kier molecular flexibility index (Phi) is 5.54. The average molecular weight is 412 g/mol. The molecule has 0 unspecified atom stereocenters. The van der Waals surface area contributed by atoms with Gasteiger partial charge in [-0.1, -0.05) is 12.1 Å². The monoisotopic (exact) mass is 411 g/mol. The van der Waals surface area contributed by atoms with Crippen molar-refractivity contribution >= 4 is 11.8 Å². The first-order valence-electron chi connectivity index (χ1n) is 11.6. The van der Waals surface area contributed by atoms with Crippen molar-refractivity contribution in [3.05, 3.63) is 35.4 Å². The highest BCUT2D eigenvalue weighted by Crippen LogP contribution is 2.61. The van der Waals surface area contributed by atoms with Crippen LogP contribution in [0.5, 0.6) is 0 Å². The average Bonchev–Trinajstić information content (AvgIpc) is 2.71. The van der Waals surface area contributed by atoms with E-state index in [-0.39, 0.29) is 17.2 Å². The summed E-state index contributed by atoms with van der Waals surface area (Å²) < 4.78 is 5.39. The van der Waals surface area contributed by atoms with E-state index in [2.05, 4.69) is 15.8 Å². The maximum atomic E-state index is 12.6. The lowest BCUT2D eigenvalue weighted by Crippen LogP contribution is -2.50. The Bertz CT molecular complexity index is 767. The molecule has 1 aromatic rings. The molecule has 4 bridgehead atoms. The molecule has 162 valence electrons. The summed E-state index contributed by atoms with van der Waals surface area (Å²) >= 11 is 0. The first kappa shape index (κ1) is 20.0. The van der Waals surface area contributed by atoms with E-state index in [4.69, 9.17) is 4.74 Å². The molecule has 2 amide bonds. The smallest absolute Gasteiger partial charge is 0.269 e. The second-order valence-corrected chi connectivity index (χ2v) is 10.2. The van der Waals surface area contributed by atoms with Gasteiger partial charge in [-0.25, -0.2) is 0 Å². The van der Waals surface area contributed by atoms with Crippen molar-refractivity contribution in [1.82, 2.24) is 15.8 Å². The van der Waals surface area contributed by atoms with Crippen molar-refractivity contribution in [3.63, 3.8) is 0 Å². The van der Waals surface area contributed by atoms with E-state index < -0.39 is 0 Å². The molecule has 1 aliphatic heterocycles. The van der Waals surface area contributed by atoms with Crippen LogP contribution in [0.25, 0.3) is 0 Å². The highest BCUT2D eigenvalue weighted by molar-refractivity contribution is 5.95. The molecule has 1 heterocycles. The summed E-state index contributed by atoms with van der Waals surface area (Å²) in [4.78, 5) is 27.6. The summed E-state index contributed by atoms with van der Waals surface area (Å²) in [6.45, 7) is 4.16. The minimum atomic E-state index is -0.252. The van der Waals surface area contributed by atoms with E-state index in [1.165, 1.54) is 38.5 Å². The number of carbonyl (C=O) groups is 2. The summed E-state index contributed by atoms with van der Waals surface area (Å²) in [5.41, 5.74) is 7.19. The number of carbonyl (C=O) groups excluding carboxylic acids is 2. The molecule has 1 saturated heterocycles. The van der Waals surface area contributed by atoms with Gasteiger partial charge in [0.25, 0.3) is 5.91 Å². The van der Waals surface area contributed by atoms with Crippen LogP contribution >= 0.6 is 0 Å². The van der Waals surface area contributed by atoms with Gasteiger partial charge in [0.15, 0.2) is 0 Å². The Morgan fingerprint density at radius 3 is 2.33 bits per heavy atom. The van der Waals surface area contributed by atoms with E-state index in [9.17, 15) is 9.59 Å². The molecule has 5 fully saturated rings. The largest absolute Gasteiger partial charge is 0.379 e. The Labute approximate surface area is 178 Å². The van der Waals surface area contributed by atoms with Gasteiger partial charge in [-0.05, 0) is 79.4 Å². The standard InChI is InChI=1S/C24H33N3O3/c28-22(15-24-12-18-8-19(13-24)10-20(9-18)14-24)25-26-23(29)21-3-1-2-17(11-21)16-27-4-6-30-7-5-27/h1-3,11,18-20H,4-10,12-16H2,(H,25,28)(H,26,29). The summed E-state index contributed by atoms with van der Waals surface area (Å²) in [6.07, 6.45) is 8.26. The molecule has 6 rings (SSSR count). The highest BCUT2D eigenvalue weighted by atomic mass is 16.5. The zero-order valence-electron chi connectivity index (χ0n) is 17.7. The van der Waals surface area contributed by atoms with Crippen molar-refractivity contribution in [2.24, 2.45) is 23.2 Å². The van der Waals surface area contributed by atoms with Crippen LogP contribution in [-0.4, -0.2) is 43.0 Å². The lowest BCUT2D eigenvalue weighted by Gasteiger charge is -2.56. The van der Waals surface area contributed by atoms with Crippen molar-refractivity contribution < 1.29 is 14.3 Å². The van der Waals surface area contributed by atoms with Gasteiger partial charge in [-0.15, -0.1) is 0 Å². The van der Waals surface area contributed by atoms with E-state index in [0.29, 0.717) is 12.0 Å². The van der Waals surface area contributed by atoms with Crippen LogP contribution in [-0.2, 0) is 16.1 Å². The topological polar surface area (TPSA) is 70.7 Å². The Balaban J connectivity index is 1.13. The predicted molar refractivity (Wildman–Crippen MR) is 113 cm³/mol. The normalized spacial score (nSPS) is 32.7. The van der Waals surface area contributed by atoms with E-state index >= 15 is 0 Å². The Morgan fingerprint density at radius 1 is 1.00 bits per heavy atom. The lowest BCUT2D eigenvalue weighted by molar-refractivity contribution is -0.130. The first-order chi connectivity index (χ1) is 14.6. The molecular formula is C24H33N3O3. The maximum absolute atomic E-state index is 12.6. The first-order valence-corrected chi connectivity index (χ1v) is 11.6. The number of nitrogens with one attached hydrogen (secondary N) is 2. The third-order valence-corrected chi connectivity index (χ3v) is 7.72. The molecule has 5 aliphatic rings. The Morgan fingerprint density at radius 2 is 1.67 bits per heavy atom. The molecule has 0 atom stereocenters. The van der Waals surface area contributed by atoms with Crippen LogP contribution in [0.2, 0.25) is 0 Å². The Hall–Kier alpha value is -1.92. The molecule has 6 nitrogen and oxygen atoms in total. The lowest BCUT2D eigenvalue weighted by atomic mass is 9.49. The number of hydrazine groups is 1. The van der Waals surface area contributed by atoms with E-state index in [0.717, 1.165) is 56.2 Å². The minimum Gasteiger partial charge on any atom is -0.379 e. The molecule has 6 heteroatoms. The van der Waals surface area contributed by atoms with Crippen molar-refractivity contribution in [1.29, 1.82) is 0 Å². The summed E-state index contributed by atoms with van der Waals surface area (Å²) in [5.74, 6) is 2.18. The molecule has 0 spiro atoms. The van der Waals surface area contributed by atoms with Crippen LogP contribution in [0, 0.1) is 23.2 Å². The molecule has 2 N–H and O–H groups in total. The number of amides is 2. The van der Waals surface area contributed by atoms with Crippen molar-refractivity contribution in [2.75, 3.05) is 26.3 Å². The molecule has 30 heavy (non-hydrogen) atoms. The van der Waals surface area contributed by atoms with Crippen LogP contribution in [0.3, 0.4) is 0 Å². The summed E-state index contributed by atoms with van der Waals surface area (Å²) in [7, 11) is 0. The van der Waals surface area contributed by atoms with Gasteiger partial charge in [-0.2, -0.15) is 0 Å². The highest BCUT2D eigenvalue weighted by Gasteiger charge is 2.51. The van der Waals surface area contributed by atoms with Crippen molar-refractivity contribution in [2.45, 2.75) is 51.5 Å². The van der Waals surface area contributed by atoms with E-state index in [1.54, 1.807) is 6.07 Å². The van der Waals surface area contributed by atoms with E-state index in [1.807, 2.05) is 18.2 Å². The SMILES string of the molecule is O=C(CC12CC3CC(CC(C3)C1)C2)NNC(=O)c1cccc(CN2CCOCC2)c1. The quantitative estimate of drug-likeness (QED) is 0.731. The third-order valence-electron chi connectivity index (χ3n) is 7.72. The second-order valence-electron chi connectivity index (χ2n) is 10.2. The van der Waals surface area contributed by atoms with Gasteiger partial charge < -0.3 is 4.74 Å². The molecular weight excluding hydrogens is 378 g/mol. The number of benzene rings is 1. The molecule has 4 saturated carbocycles. The van der Waals surface area contributed by atoms with Gasteiger partial charge in [-0.3, -0.25) is 25.3 Å². The molecule has 0 aromatic heterocycles. The van der Waals surface area contributed by atoms with Gasteiger partial charge in [0.1, 0.15) is 0 Å². The number of morpholine rings is 1. The molecule has 0 radical (unpaired) electrons. The van der Waals surface area contributed by atoms with Crippen LogP contribution < -0.4 is 10.9 Å². The number of rotatable bonds is 5. The van der Waals surface area contributed by atoms with Gasteiger partial charge >= 0.3 is 0 Å². The summed E-state index contributed by atoms with van der Waals surface area (Å²) in [5, 5.41) is 0. The fourth-order valence-corrected chi connectivity index (χ4v) is 6.92. The number of hydrogen-bond acceptors (Lipinski definition) is 4. The van der Waals surface area contributed by atoms with Gasteiger partial charge in [0.2, 0.25) is 5.91 Å².